The van der Waals surface area contributed by atoms with Crippen LogP contribution in [0.2, 0.25) is 0 Å². The standard InChI is InChI=1S/C14H20N4O/c1-10(2)14(19-3)13(15)12-9-16-17-18(12)11-7-5-4-6-8-11/h4-10,13-14H,15H2,1-3H3. The van der Waals surface area contributed by atoms with Crippen LogP contribution < -0.4 is 5.73 Å². The van der Waals surface area contributed by atoms with Gasteiger partial charge in [-0.05, 0) is 18.1 Å². The number of hydrogen-bond donors (Lipinski definition) is 1. The predicted octanol–water partition coefficient (Wildman–Crippen LogP) is 1.94. The van der Waals surface area contributed by atoms with Crippen molar-refractivity contribution in [2.24, 2.45) is 11.7 Å². The highest BCUT2D eigenvalue weighted by Gasteiger charge is 2.26. The number of para-hydroxylation sites is 1. The Balaban J connectivity index is 2.34. The average molecular weight is 260 g/mol. The number of aromatic nitrogens is 3. The lowest BCUT2D eigenvalue weighted by Gasteiger charge is -2.26. The highest BCUT2D eigenvalue weighted by Crippen LogP contribution is 2.23. The second kappa shape index (κ2) is 5.95. The molecule has 0 aliphatic heterocycles. The van der Waals surface area contributed by atoms with Gasteiger partial charge in [-0.1, -0.05) is 37.3 Å². The maximum atomic E-state index is 6.31. The minimum absolute atomic E-state index is 0.0686. The van der Waals surface area contributed by atoms with Crippen LogP contribution in [0.4, 0.5) is 0 Å². The lowest BCUT2D eigenvalue weighted by molar-refractivity contribution is 0.0420. The third-order valence-corrected chi connectivity index (χ3v) is 3.20. The van der Waals surface area contributed by atoms with Crippen molar-refractivity contribution in [2.75, 3.05) is 7.11 Å². The highest BCUT2D eigenvalue weighted by molar-refractivity contribution is 5.32. The predicted molar refractivity (Wildman–Crippen MR) is 73.9 cm³/mol. The highest BCUT2D eigenvalue weighted by atomic mass is 16.5. The van der Waals surface area contributed by atoms with Gasteiger partial charge in [-0.25, -0.2) is 4.68 Å². The Morgan fingerprint density at radius 2 is 1.89 bits per heavy atom. The molecule has 0 fully saturated rings. The first-order valence-corrected chi connectivity index (χ1v) is 6.39. The van der Waals surface area contributed by atoms with E-state index in [1.165, 1.54) is 0 Å². The van der Waals surface area contributed by atoms with Crippen molar-refractivity contribution < 1.29 is 4.74 Å². The Labute approximate surface area is 113 Å². The number of benzene rings is 1. The minimum Gasteiger partial charge on any atom is -0.379 e. The molecular weight excluding hydrogens is 240 g/mol. The lowest BCUT2D eigenvalue weighted by atomic mass is 9.98. The van der Waals surface area contributed by atoms with Crippen LogP contribution in [0.3, 0.4) is 0 Å². The zero-order valence-electron chi connectivity index (χ0n) is 11.5. The quantitative estimate of drug-likeness (QED) is 0.892. The number of methoxy groups -OCH3 is 1. The molecule has 102 valence electrons. The molecule has 1 aromatic heterocycles. The van der Waals surface area contributed by atoms with Gasteiger partial charge in [0.25, 0.3) is 0 Å². The van der Waals surface area contributed by atoms with Crippen molar-refractivity contribution in [1.29, 1.82) is 0 Å². The molecule has 1 heterocycles. The molecule has 2 N–H and O–H groups in total. The van der Waals surface area contributed by atoms with Gasteiger partial charge in [0.1, 0.15) is 0 Å². The fourth-order valence-corrected chi connectivity index (χ4v) is 2.24. The van der Waals surface area contributed by atoms with E-state index in [2.05, 4.69) is 24.2 Å². The van der Waals surface area contributed by atoms with Gasteiger partial charge in [-0.2, -0.15) is 0 Å². The van der Waals surface area contributed by atoms with Crippen LogP contribution in [-0.2, 0) is 4.74 Å². The van der Waals surface area contributed by atoms with E-state index in [0.717, 1.165) is 11.4 Å². The number of rotatable bonds is 5. The molecular formula is C14H20N4O. The molecule has 0 saturated carbocycles. The molecule has 2 rings (SSSR count). The minimum atomic E-state index is -0.264. The van der Waals surface area contributed by atoms with Crippen LogP contribution in [0.1, 0.15) is 25.6 Å². The van der Waals surface area contributed by atoms with Crippen LogP contribution in [-0.4, -0.2) is 28.2 Å². The fourth-order valence-electron chi connectivity index (χ4n) is 2.24. The van der Waals surface area contributed by atoms with E-state index >= 15 is 0 Å². The SMILES string of the molecule is COC(C(C)C)C(N)c1cnnn1-c1ccccc1. The summed E-state index contributed by atoms with van der Waals surface area (Å²) in [6, 6.07) is 9.57. The van der Waals surface area contributed by atoms with Crippen molar-refractivity contribution in [2.45, 2.75) is 26.0 Å². The summed E-state index contributed by atoms with van der Waals surface area (Å²) < 4.78 is 7.26. The zero-order valence-corrected chi connectivity index (χ0v) is 11.5. The molecule has 0 saturated heterocycles. The first-order valence-electron chi connectivity index (χ1n) is 6.39. The Morgan fingerprint density at radius 3 is 2.47 bits per heavy atom. The van der Waals surface area contributed by atoms with Gasteiger partial charge in [0.2, 0.25) is 0 Å². The first-order chi connectivity index (χ1) is 9.15. The summed E-state index contributed by atoms with van der Waals surface area (Å²) in [7, 11) is 1.68. The monoisotopic (exact) mass is 260 g/mol. The number of hydrogen-bond acceptors (Lipinski definition) is 4. The van der Waals surface area contributed by atoms with E-state index in [4.69, 9.17) is 10.5 Å². The van der Waals surface area contributed by atoms with Crippen LogP contribution in [0.15, 0.2) is 36.5 Å². The van der Waals surface area contributed by atoms with Crippen molar-refractivity contribution in [3.05, 3.63) is 42.2 Å². The molecule has 0 radical (unpaired) electrons. The lowest BCUT2D eigenvalue weighted by Crippen LogP contribution is -2.33. The molecule has 0 amide bonds. The van der Waals surface area contributed by atoms with Crippen molar-refractivity contribution in [1.82, 2.24) is 15.0 Å². The number of ether oxygens (including phenoxy) is 1. The summed E-state index contributed by atoms with van der Waals surface area (Å²) in [6.07, 6.45) is 1.63. The van der Waals surface area contributed by atoms with E-state index < -0.39 is 0 Å². The van der Waals surface area contributed by atoms with Crippen molar-refractivity contribution in [3.63, 3.8) is 0 Å². The average Bonchev–Trinajstić information content (AvgIpc) is 2.89. The summed E-state index contributed by atoms with van der Waals surface area (Å²) in [5, 5.41) is 8.09. The molecule has 1 aromatic carbocycles. The molecule has 2 atom stereocenters. The van der Waals surface area contributed by atoms with E-state index in [9.17, 15) is 0 Å². The van der Waals surface area contributed by atoms with Crippen LogP contribution in [0, 0.1) is 5.92 Å². The van der Waals surface area contributed by atoms with Gasteiger partial charge >= 0.3 is 0 Å². The van der Waals surface area contributed by atoms with Gasteiger partial charge in [0.15, 0.2) is 0 Å². The molecule has 19 heavy (non-hydrogen) atoms. The smallest absolute Gasteiger partial charge is 0.0839 e. The molecule has 2 aromatic rings. The number of nitrogens with two attached hydrogens (primary N) is 1. The largest absolute Gasteiger partial charge is 0.379 e. The van der Waals surface area contributed by atoms with Gasteiger partial charge in [-0.3, -0.25) is 0 Å². The molecule has 0 spiro atoms. The first kappa shape index (κ1) is 13.7. The van der Waals surface area contributed by atoms with Crippen LogP contribution in [0.5, 0.6) is 0 Å². The third kappa shape index (κ3) is 2.83. The van der Waals surface area contributed by atoms with Crippen molar-refractivity contribution >= 4 is 0 Å². The van der Waals surface area contributed by atoms with Gasteiger partial charge < -0.3 is 10.5 Å². The Bertz CT molecular complexity index is 509. The van der Waals surface area contributed by atoms with Gasteiger partial charge in [0.05, 0.1) is 29.7 Å². The van der Waals surface area contributed by atoms with Gasteiger partial charge in [0, 0.05) is 7.11 Å². The molecule has 5 heteroatoms. The third-order valence-electron chi connectivity index (χ3n) is 3.20. The molecule has 0 aliphatic carbocycles. The summed E-state index contributed by atoms with van der Waals surface area (Å²) in [4.78, 5) is 0. The molecule has 2 unspecified atom stereocenters. The number of nitrogens with zero attached hydrogens (tertiary/aromatic N) is 3. The summed E-state index contributed by atoms with van der Waals surface area (Å²) >= 11 is 0. The maximum absolute atomic E-state index is 6.31. The van der Waals surface area contributed by atoms with E-state index in [1.807, 2.05) is 30.3 Å². The second-order valence-electron chi connectivity index (χ2n) is 4.88. The Hall–Kier alpha value is -1.72. The molecule has 5 nitrogen and oxygen atoms in total. The maximum Gasteiger partial charge on any atom is 0.0839 e. The second-order valence-corrected chi connectivity index (χ2v) is 4.88. The van der Waals surface area contributed by atoms with Crippen LogP contribution >= 0.6 is 0 Å². The van der Waals surface area contributed by atoms with E-state index in [1.54, 1.807) is 18.0 Å². The van der Waals surface area contributed by atoms with E-state index in [0.29, 0.717) is 5.92 Å². The summed E-state index contributed by atoms with van der Waals surface area (Å²) in [5.41, 5.74) is 8.11. The fraction of sp³-hybridized carbons (Fsp3) is 0.429. The van der Waals surface area contributed by atoms with E-state index in [-0.39, 0.29) is 12.1 Å². The normalized spacial score (nSPS) is 14.6. The Morgan fingerprint density at radius 1 is 1.21 bits per heavy atom. The van der Waals surface area contributed by atoms with Gasteiger partial charge in [-0.15, -0.1) is 5.10 Å². The zero-order chi connectivity index (χ0) is 13.8. The topological polar surface area (TPSA) is 66.0 Å². The van der Waals surface area contributed by atoms with Crippen LogP contribution in [0.25, 0.3) is 5.69 Å². The van der Waals surface area contributed by atoms with Crippen molar-refractivity contribution in [3.8, 4) is 5.69 Å². The summed E-state index contributed by atoms with van der Waals surface area (Å²) in [6.45, 7) is 4.18. The molecule has 0 bridgehead atoms. The summed E-state index contributed by atoms with van der Waals surface area (Å²) in [5.74, 6) is 0.319. The molecule has 0 aliphatic rings. The Kier molecular flexibility index (Phi) is 4.29.